The number of aliphatic hydroxyl groups is 3. The van der Waals surface area contributed by atoms with Gasteiger partial charge < -0.3 is 15.3 Å². The van der Waals surface area contributed by atoms with Crippen LogP contribution in [0.15, 0.2) is 12.3 Å². The maximum absolute atomic E-state index is 9.36. The second-order valence-electron chi connectivity index (χ2n) is 4.67. The summed E-state index contributed by atoms with van der Waals surface area (Å²) in [5.41, 5.74) is 0. The van der Waals surface area contributed by atoms with E-state index in [-0.39, 0.29) is 6.10 Å². The van der Waals surface area contributed by atoms with Gasteiger partial charge in [-0.05, 0) is 25.3 Å². The van der Waals surface area contributed by atoms with Gasteiger partial charge >= 0.3 is 0 Å². The molecule has 0 rings (SSSR count). The van der Waals surface area contributed by atoms with Crippen molar-refractivity contribution in [3.8, 4) is 0 Å². The molecule has 0 aliphatic rings. The molecule has 0 aliphatic carbocycles. The summed E-state index contributed by atoms with van der Waals surface area (Å²) in [5, 5.41) is 27.1. The molecule has 3 heteroatoms. The van der Waals surface area contributed by atoms with Crippen molar-refractivity contribution in [1.82, 2.24) is 0 Å². The van der Waals surface area contributed by atoms with Crippen molar-refractivity contribution >= 4 is 0 Å². The molecule has 0 aliphatic heterocycles. The Kier molecular flexibility index (Phi) is 11.6. The monoisotopic (exact) mass is 244 g/mol. The first kappa shape index (κ1) is 16.5. The van der Waals surface area contributed by atoms with Gasteiger partial charge in [0.25, 0.3) is 0 Å². The van der Waals surface area contributed by atoms with E-state index in [0.29, 0.717) is 0 Å². The van der Waals surface area contributed by atoms with E-state index in [1.54, 1.807) is 0 Å². The summed E-state index contributed by atoms with van der Waals surface area (Å²) < 4.78 is 0. The van der Waals surface area contributed by atoms with Gasteiger partial charge in [0.05, 0.1) is 18.5 Å². The summed E-state index contributed by atoms with van der Waals surface area (Å²) in [7, 11) is 0. The molecule has 0 radical (unpaired) electrons. The highest BCUT2D eigenvalue weighted by Crippen LogP contribution is 2.11. The van der Waals surface area contributed by atoms with E-state index in [9.17, 15) is 10.2 Å². The molecule has 102 valence electrons. The fourth-order valence-electron chi connectivity index (χ4n) is 1.84. The van der Waals surface area contributed by atoms with E-state index in [1.807, 2.05) is 6.92 Å². The smallest absolute Gasteiger partial charge is 0.0777 e. The average Bonchev–Trinajstić information content (AvgIpc) is 2.32. The van der Waals surface area contributed by atoms with E-state index in [1.165, 1.54) is 25.3 Å². The molecular weight excluding hydrogens is 216 g/mol. The Bertz CT molecular complexity index is 180. The van der Waals surface area contributed by atoms with Gasteiger partial charge in [-0.3, -0.25) is 0 Å². The van der Waals surface area contributed by atoms with Crippen LogP contribution in [0.3, 0.4) is 0 Å². The molecule has 2 atom stereocenters. The lowest BCUT2D eigenvalue weighted by Gasteiger charge is -2.07. The molecule has 0 aromatic rings. The predicted molar refractivity (Wildman–Crippen MR) is 71.0 cm³/mol. The first-order valence-electron chi connectivity index (χ1n) is 6.87. The van der Waals surface area contributed by atoms with Crippen LogP contribution < -0.4 is 0 Å². The van der Waals surface area contributed by atoms with Crippen LogP contribution in [-0.2, 0) is 0 Å². The second-order valence-corrected chi connectivity index (χ2v) is 4.67. The molecular formula is C14H28O3. The summed E-state index contributed by atoms with van der Waals surface area (Å²) in [6.45, 7) is 2.01. The number of hydrogen-bond acceptors (Lipinski definition) is 3. The van der Waals surface area contributed by atoms with Crippen molar-refractivity contribution < 1.29 is 15.3 Å². The molecule has 0 aromatic heterocycles. The van der Waals surface area contributed by atoms with E-state index in [0.717, 1.165) is 44.8 Å². The summed E-state index contributed by atoms with van der Waals surface area (Å²) in [6.07, 6.45) is 11.1. The largest absolute Gasteiger partial charge is 0.516 e. The summed E-state index contributed by atoms with van der Waals surface area (Å²) in [5.74, 6) is 0. The van der Waals surface area contributed by atoms with Crippen LogP contribution in [0.5, 0.6) is 0 Å². The zero-order chi connectivity index (χ0) is 12.9. The maximum Gasteiger partial charge on any atom is 0.0777 e. The quantitative estimate of drug-likeness (QED) is 0.386. The van der Waals surface area contributed by atoms with E-state index < -0.39 is 6.10 Å². The lowest BCUT2D eigenvalue weighted by molar-refractivity contribution is 0.156. The number of unbranched alkanes of at least 4 members (excludes halogenated alkanes) is 5. The molecule has 0 heterocycles. The second kappa shape index (κ2) is 11.9. The Hall–Kier alpha value is -0.540. The standard InChI is InChI=1S/C14H28O3/c1-2-13(16)9-7-5-3-4-6-8-10-14(17)11-12-15/h11-17H,2-10H2,1H3. The molecule has 0 saturated carbocycles. The van der Waals surface area contributed by atoms with Crippen LogP contribution in [-0.4, -0.2) is 27.5 Å². The van der Waals surface area contributed by atoms with Crippen molar-refractivity contribution in [1.29, 1.82) is 0 Å². The van der Waals surface area contributed by atoms with E-state index in [2.05, 4.69) is 0 Å². The van der Waals surface area contributed by atoms with Crippen LogP contribution in [0.25, 0.3) is 0 Å². The van der Waals surface area contributed by atoms with Crippen molar-refractivity contribution in [3.05, 3.63) is 12.3 Å². The number of rotatable bonds is 11. The predicted octanol–water partition coefficient (Wildman–Crippen LogP) is 3.31. The topological polar surface area (TPSA) is 60.7 Å². The summed E-state index contributed by atoms with van der Waals surface area (Å²) in [6, 6.07) is 0. The Morgan fingerprint density at radius 2 is 1.41 bits per heavy atom. The van der Waals surface area contributed by atoms with Crippen molar-refractivity contribution in [2.45, 2.75) is 76.9 Å². The van der Waals surface area contributed by atoms with E-state index >= 15 is 0 Å². The Labute approximate surface area is 105 Å². The van der Waals surface area contributed by atoms with Crippen LogP contribution in [0.1, 0.15) is 64.7 Å². The Morgan fingerprint density at radius 1 is 0.882 bits per heavy atom. The minimum absolute atomic E-state index is 0.115. The normalized spacial score (nSPS) is 15.2. The van der Waals surface area contributed by atoms with Gasteiger partial charge in [0.15, 0.2) is 0 Å². The van der Waals surface area contributed by atoms with Crippen LogP contribution >= 0.6 is 0 Å². The van der Waals surface area contributed by atoms with Gasteiger partial charge in [-0.15, -0.1) is 0 Å². The number of aliphatic hydroxyl groups excluding tert-OH is 3. The molecule has 0 bridgehead atoms. The van der Waals surface area contributed by atoms with E-state index in [4.69, 9.17) is 5.11 Å². The van der Waals surface area contributed by atoms with Crippen molar-refractivity contribution in [3.63, 3.8) is 0 Å². The van der Waals surface area contributed by atoms with Gasteiger partial charge in [-0.2, -0.15) is 0 Å². The molecule has 3 N–H and O–H groups in total. The number of hydrogen-bond donors (Lipinski definition) is 3. The minimum atomic E-state index is -0.500. The van der Waals surface area contributed by atoms with Gasteiger partial charge in [0.2, 0.25) is 0 Å². The third-order valence-corrected chi connectivity index (χ3v) is 3.07. The van der Waals surface area contributed by atoms with Gasteiger partial charge in [-0.1, -0.05) is 45.4 Å². The fourth-order valence-corrected chi connectivity index (χ4v) is 1.84. The SMILES string of the molecule is CCC(O)CCCCCCCCC(O)C=CO. The Morgan fingerprint density at radius 3 is 1.94 bits per heavy atom. The van der Waals surface area contributed by atoms with Crippen molar-refractivity contribution in [2.24, 2.45) is 0 Å². The molecule has 3 nitrogen and oxygen atoms in total. The summed E-state index contributed by atoms with van der Waals surface area (Å²) >= 11 is 0. The summed E-state index contributed by atoms with van der Waals surface area (Å²) in [4.78, 5) is 0. The highest BCUT2D eigenvalue weighted by molar-refractivity contribution is 4.81. The van der Waals surface area contributed by atoms with Crippen molar-refractivity contribution in [2.75, 3.05) is 0 Å². The first-order chi connectivity index (χ1) is 8.20. The highest BCUT2D eigenvalue weighted by Gasteiger charge is 2.00. The minimum Gasteiger partial charge on any atom is -0.516 e. The molecule has 2 unspecified atom stereocenters. The lowest BCUT2D eigenvalue weighted by atomic mass is 10.0. The van der Waals surface area contributed by atoms with Gasteiger partial charge in [0.1, 0.15) is 0 Å². The molecule has 0 fully saturated rings. The zero-order valence-electron chi connectivity index (χ0n) is 11.0. The average molecular weight is 244 g/mol. The highest BCUT2D eigenvalue weighted by atomic mass is 16.3. The first-order valence-corrected chi connectivity index (χ1v) is 6.87. The third-order valence-electron chi connectivity index (χ3n) is 3.07. The molecule has 0 spiro atoms. The lowest BCUT2D eigenvalue weighted by Crippen LogP contribution is -2.03. The van der Waals surface area contributed by atoms with Gasteiger partial charge in [0, 0.05) is 0 Å². The molecule has 17 heavy (non-hydrogen) atoms. The maximum atomic E-state index is 9.36. The van der Waals surface area contributed by atoms with Crippen LogP contribution in [0.4, 0.5) is 0 Å². The third kappa shape index (κ3) is 11.7. The Balaban J connectivity index is 3.13. The molecule has 0 aromatic carbocycles. The van der Waals surface area contributed by atoms with Crippen LogP contribution in [0, 0.1) is 0 Å². The fraction of sp³-hybridized carbons (Fsp3) is 0.857. The zero-order valence-corrected chi connectivity index (χ0v) is 11.0. The van der Waals surface area contributed by atoms with Gasteiger partial charge in [-0.25, -0.2) is 0 Å². The molecule has 0 saturated heterocycles. The molecule has 0 amide bonds. The van der Waals surface area contributed by atoms with Crippen LogP contribution in [0.2, 0.25) is 0 Å².